The number of Topliss-reactive ketones (excluding diaryl/α,β-unsaturated/α-hetero) is 1. The van der Waals surface area contributed by atoms with Crippen LogP contribution in [0, 0.1) is 0 Å². The summed E-state index contributed by atoms with van der Waals surface area (Å²) in [7, 11) is 2.08. The van der Waals surface area contributed by atoms with E-state index in [1.807, 2.05) is 0 Å². The second-order valence-electron chi connectivity index (χ2n) is 5.29. The van der Waals surface area contributed by atoms with Crippen LogP contribution < -0.4 is 4.90 Å². The van der Waals surface area contributed by atoms with Gasteiger partial charge in [-0.1, -0.05) is 18.2 Å². The molecule has 0 spiro atoms. The molecule has 17 heavy (non-hydrogen) atoms. The van der Waals surface area contributed by atoms with Crippen molar-refractivity contribution in [2.75, 3.05) is 11.9 Å². The summed E-state index contributed by atoms with van der Waals surface area (Å²) >= 11 is 0. The van der Waals surface area contributed by atoms with Gasteiger partial charge in [-0.25, -0.2) is 0 Å². The van der Waals surface area contributed by atoms with Crippen LogP contribution >= 0.6 is 0 Å². The lowest BCUT2D eigenvalue weighted by Gasteiger charge is -2.27. The van der Waals surface area contributed by atoms with Crippen molar-refractivity contribution in [3.8, 4) is 0 Å². The van der Waals surface area contributed by atoms with Crippen molar-refractivity contribution < 1.29 is 9.53 Å². The van der Waals surface area contributed by atoms with Gasteiger partial charge in [0, 0.05) is 25.1 Å². The maximum absolute atomic E-state index is 11.9. The van der Waals surface area contributed by atoms with E-state index in [2.05, 4.69) is 36.2 Å². The molecule has 2 bridgehead atoms. The van der Waals surface area contributed by atoms with Crippen LogP contribution in [-0.4, -0.2) is 31.1 Å². The maximum Gasteiger partial charge on any atom is 0.163 e. The molecule has 2 fully saturated rings. The van der Waals surface area contributed by atoms with Crippen LogP contribution in [0.4, 0.5) is 5.69 Å². The highest BCUT2D eigenvalue weighted by atomic mass is 16.5. The van der Waals surface area contributed by atoms with Gasteiger partial charge in [-0.05, 0) is 18.1 Å². The van der Waals surface area contributed by atoms with E-state index >= 15 is 0 Å². The molecule has 0 aromatic heterocycles. The van der Waals surface area contributed by atoms with Gasteiger partial charge in [0.1, 0.15) is 6.10 Å². The van der Waals surface area contributed by atoms with Crippen molar-refractivity contribution in [2.24, 2.45) is 0 Å². The minimum Gasteiger partial charge on any atom is -0.368 e. The lowest BCUT2D eigenvalue weighted by atomic mass is 9.91. The SMILES string of the molecule is CN1c2ccccc2[C@H]2[C@@H]1[C@H]1O[C@@H]2CCC1=O. The summed E-state index contributed by atoms with van der Waals surface area (Å²) in [6, 6.07) is 8.71. The van der Waals surface area contributed by atoms with Gasteiger partial charge in [0.15, 0.2) is 5.78 Å². The third kappa shape index (κ3) is 1.08. The summed E-state index contributed by atoms with van der Waals surface area (Å²) in [5.41, 5.74) is 2.64. The molecule has 3 heterocycles. The van der Waals surface area contributed by atoms with Crippen LogP contribution in [0.1, 0.15) is 24.3 Å². The van der Waals surface area contributed by atoms with E-state index in [9.17, 15) is 4.79 Å². The van der Waals surface area contributed by atoms with Crippen LogP contribution in [-0.2, 0) is 9.53 Å². The number of hydrogen-bond donors (Lipinski definition) is 0. The Kier molecular flexibility index (Phi) is 1.76. The Morgan fingerprint density at radius 3 is 3.06 bits per heavy atom. The van der Waals surface area contributed by atoms with E-state index in [-0.39, 0.29) is 24.0 Å². The number of fused-ring (bicyclic) bond motifs is 7. The number of hydrogen-bond acceptors (Lipinski definition) is 3. The summed E-state index contributed by atoms with van der Waals surface area (Å²) in [4.78, 5) is 14.2. The standard InChI is InChI=1S/C14H15NO2/c1-15-9-5-3-2-4-8(9)12-11-7-6-10(16)14(17-11)13(12)15/h2-5,11-14H,6-7H2,1H3/t11-,12-,13-,14+/m1/s1. The number of carbonyl (C=O) groups excluding carboxylic acids is 1. The Hall–Kier alpha value is -1.35. The number of likely N-dealkylation sites (N-methyl/N-ethyl adjacent to an activating group) is 1. The molecule has 4 rings (SSSR count). The number of ether oxygens (including phenoxy) is 1. The third-order valence-electron chi connectivity index (χ3n) is 4.52. The van der Waals surface area contributed by atoms with Crippen molar-refractivity contribution in [1.82, 2.24) is 0 Å². The normalized spacial score (nSPS) is 38.2. The third-order valence-corrected chi connectivity index (χ3v) is 4.52. The lowest BCUT2D eigenvalue weighted by Crippen LogP contribution is -2.41. The van der Waals surface area contributed by atoms with Gasteiger partial charge in [0.25, 0.3) is 0 Å². The molecule has 3 nitrogen and oxygen atoms in total. The Balaban J connectivity index is 1.87. The van der Waals surface area contributed by atoms with Gasteiger partial charge in [-0.15, -0.1) is 0 Å². The molecule has 88 valence electrons. The highest BCUT2D eigenvalue weighted by Crippen LogP contribution is 2.51. The predicted octanol–water partition coefficient (Wildman–Crippen LogP) is 1.72. The number of para-hydroxylation sites is 1. The molecule has 0 amide bonds. The van der Waals surface area contributed by atoms with Crippen molar-refractivity contribution in [3.05, 3.63) is 29.8 Å². The molecular formula is C14H15NO2. The van der Waals surface area contributed by atoms with Crippen LogP contribution in [0.15, 0.2) is 24.3 Å². The Morgan fingerprint density at radius 1 is 1.35 bits per heavy atom. The first-order chi connectivity index (χ1) is 8.27. The van der Waals surface area contributed by atoms with Gasteiger partial charge < -0.3 is 9.64 Å². The van der Waals surface area contributed by atoms with E-state index in [4.69, 9.17) is 4.74 Å². The molecule has 0 saturated carbocycles. The molecule has 2 saturated heterocycles. The molecule has 0 aliphatic carbocycles. The fourth-order valence-corrected chi connectivity index (χ4v) is 3.78. The van der Waals surface area contributed by atoms with Gasteiger partial charge in [0.2, 0.25) is 0 Å². The molecule has 0 unspecified atom stereocenters. The molecule has 1 aromatic rings. The molecule has 1 aromatic carbocycles. The van der Waals surface area contributed by atoms with Crippen LogP contribution in [0.3, 0.4) is 0 Å². The Labute approximate surface area is 100 Å². The van der Waals surface area contributed by atoms with Gasteiger partial charge >= 0.3 is 0 Å². The number of benzene rings is 1. The van der Waals surface area contributed by atoms with Gasteiger partial charge in [0.05, 0.1) is 12.1 Å². The zero-order valence-corrected chi connectivity index (χ0v) is 9.80. The number of anilines is 1. The average molecular weight is 229 g/mol. The van der Waals surface area contributed by atoms with E-state index < -0.39 is 0 Å². The highest BCUT2D eigenvalue weighted by molar-refractivity contribution is 5.87. The summed E-state index contributed by atoms with van der Waals surface area (Å²) < 4.78 is 5.91. The highest BCUT2D eigenvalue weighted by Gasteiger charge is 2.56. The summed E-state index contributed by atoms with van der Waals surface area (Å²) in [6.07, 6.45) is 1.63. The first-order valence-corrected chi connectivity index (χ1v) is 6.27. The first kappa shape index (κ1) is 9.66. The fourth-order valence-electron chi connectivity index (χ4n) is 3.78. The van der Waals surface area contributed by atoms with Crippen LogP contribution in [0.2, 0.25) is 0 Å². The first-order valence-electron chi connectivity index (χ1n) is 6.27. The molecular weight excluding hydrogens is 214 g/mol. The summed E-state index contributed by atoms with van der Waals surface area (Å²) in [5.74, 6) is 0.682. The second kappa shape index (κ2) is 3.10. The van der Waals surface area contributed by atoms with E-state index in [0.717, 1.165) is 6.42 Å². The molecule has 4 atom stereocenters. The van der Waals surface area contributed by atoms with Crippen LogP contribution in [0.25, 0.3) is 0 Å². The fraction of sp³-hybridized carbons (Fsp3) is 0.500. The molecule has 3 aliphatic heterocycles. The number of nitrogens with zero attached hydrogens (tertiary/aromatic N) is 1. The Bertz CT molecular complexity index is 499. The number of rotatable bonds is 0. The monoisotopic (exact) mass is 229 g/mol. The zero-order valence-electron chi connectivity index (χ0n) is 9.80. The largest absolute Gasteiger partial charge is 0.368 e. The Morgan fingerprint density at radius 2 is 2.18 bits per heavy atom. The van der Waals surface area contributed by atoms with Gasteiger partial charge in [-0.3, -0.25) is 4.79 Å². The lowest BCUT2D eigenvalue weighted by molar-refractivity contribution is -0.135. The van der Waals surface area contributed by atoms with Crippen molar-refractivity contribution in [2.45, 2.75) is 37.0 Å². The zero-order chi connectivity index (χ0) is 11.6. The van der Waals surface area contributed by atoms with E-state index in [1.165, 1.54) is 11.3 Å². The number of ketones is 1. The summed E-state index contributed by atoms with van der Waals surface area (Å²) in [5, 5.41) is 0. The smallest absolute Gasteiger partial charge is 0.163 e. The maximum atomic E-state index is 11.9. The topological polar surface area (TPSA) is 29.5 Å². The quantitative estimate of drug-likeness (QED) is 0.678. The van der Waals surface area contributed by atoms with Crippen molar-refractivity contribution >= 4 is 11.5 Å². The second-order valence-corrected chi connectivity index (χ2v) is 5.29. The van der Waals surface area contributed by atoms with Gasteiger partial charge in [-0.2, -0.15) is 0 Å². The molecule has 0 N–H and O–H groups in total. The van der Waals surface area contributed by atoms with E-state index in [1.54, 1.807) is 0 Å². The summed E-state index contributed by atoms with van der Waals surface area (Å²) in [6.45, 7) is 0. The minimum absolute atomic E-state index is 0.198. The minimum atomic E-state index is -0.198. The number of carbonyl (C=O) groups is 1. The van der Waals surface area contributed by atoms with E-state index in [0.29, 0.717) is 12.3 Å². The van der Waals surface area contributed by atoms with Crippen molar-refractivity contribution in [1.29, 1.82) is 0 Å². The molecule has 3 heteroatoms. The average Bonchev–Trinajstić information content (AvgIpc) is 2.82. The van der Waals surface area contributed by atoms with Crippen LogP contribution in [0.5, 0.6) is 0 Å². The molecule has 3 aliphatic rings. The van der Waals surface area contributed by atoms with Crippen molar-refractivity contribution in [3.63, 3.8) is 0 Å². The predicted molar refractivity (Wildman–Crippen MR) is 64.3 cm³/mol. The molecule has 0 radical (unpaired) electrons.